The first-order chi connectivity index (χ1) is 9.93. The Kier molecular flexibility index (Phi) is 4.82. The number of Topliss-reactive ketones (excluding diaryl/α,β-unsaturated/α-hetero) is 1. The lowest BCUT2D eigenvalue weighted by molar-refractivity contribution is 0.0591. The molecule has 0 fully saturated rings. The molecule has 2 rings (SSSR count). The first kappa shape index (κ1) is 15.8. The van der Waals surface area contributed by atoms with Gasteiger partial charge >= 0.3 is 5.97 Å². The molecule has 1 aromatic carbocycles. The number of carbonyl (C=O) groups excluding carboxylic acids is 2. The number of thiazole rings is 1. The summed E-state index contributed by atoms with van der Waals surface area (Å²) in [5.74, 6) is -0.944. The van der Waals surface area contributed by atoms with Crippen molar-refractivity contribution in [2.45, 2.75) is 6.92 Å². The molecule has 21 heavy (non-hydrogen) atoms. The first-order valence-electron chi connectivity index (χ1n) is 5.75. The minimum Gasteiger partial charge on any atom is -0.464 e. The molecule has 0 saturated carbocycles. The van der Waals surface area contributed by atoms with Crippen LogP contribution in [-0.4, -0.2) is 23.8 Å². The topological polar surface area (TPSA) is 68.3 Å². The molecule has 0 aliphatic heterocycles. The second-order valence-electron chi connectivity index (χ2n) is 3.97. The van der Waals surface area contributed by atoms with Crippen LogP contribution in [0.25, 0.3) is 0 Å². The number of nitrogens with zero attached hydrogens (tertiary/aromatic N) is 1. The third kappa shape index (κ3) is 3.34. The second kappa shape index (κ2) is 6.43. The molecule has 110 valence electrons. The maximum Gasteiger partial charge on any atom is 0.358 e. The van der Waals surface area contributed by atoms with E-state index in [1.807, 2.05) is 0 Å². The first-order valence-corrected chi connectivity index (χ1v) is 7.32. The fourth-order valence-corrected chi connectivity index (χ4v) is 2.92. The predicted octanol–water partition coefficient (Wildman–Crippen LogP) is 4.18. The lowest BCUT2D eigenvalue weighted by Crippen LogP contribution is -2.07. The summed E-state index contributed by atoms with van der Waals surface area (Å²) >= 11 is 13.1. The van der Waals surface area contributed by atoms with Crippen molar-refractivity contribution >= 4 is 57.1 Å². The van der Waals surface area contributed by atoms with Gasteiger partial charge in [-0.05, 0) is 12.1 Å². The number of anilines is 2. The van der Waals surface area contributed by atoms with Gasteiger partial charge in [-0.25, -0.2) is 9.78 Å². The van der Waals surface area contributed by atoms with E-state index in [4.69, 9.17) is 23.2 Å². The van der Waals surface area contributed by atoms with Gasteiger partial charge in [0.2, 0.25) is 0 Å². The number of hydrogen-bond acceptors (Lipinski definition) is 6. The average molecular weight is 345 g/mol. The van der Waals surface area contributed by atoms with E-state index in [9.17, 15) is 9.59 Å². The van der Waals surface area contributed by atoms with Crippen LogP contribution in [0.3, 0.4) is 0 Å². The molecule has 0 saturated heterocycles. The molecule has 0 spiro atoms. The Labute approximate surface area is 134 Å². The average Bonchev–Trinajstić information content (AvgIpc) is 2.86. The summed E-state index contributed by atoms with van der Waals surface area (Å²) in [7, 11) is 1.23. The molecule has 0 unspecified atom stereocenters. The normalized spacial score (nSPS) is 10.3. The fourth-order valence-electron chi connectivity index (χ4n) is 1.57. The Morgan fingerprint density at radius 2 is 1.90 bits per heavy atom. The summed E-state index contributed by atoms with van der Waals surface area (Å²) in [6, 6.07) is 5.03. The van der Waals surface area contributed by atoms with E-state index in [2.05, 4.69) is 15.0 Å². The molecular weight excluding hydrogens is 335 g/mol. The Morgan fingerprint density at radius 3 is 2.43 bits per heavy atom. The van der Waals surface area contributed by atoms with Gasteiger partial charge in [-0.3, -0.25) is 4.79 Å². The van der Waals surface area contributed by atoms with Crippen molar-refractivity contribution in [2.75, 3.05) is 12.4 Å². The highest BCUT2D eigenvalue weighted by Gasteiger charge is 2.22. The molecule has 0 atom stereocenters. The van der Waals surface area contributed by atoms with Gasteiger partial charge in [-0.15, -0.1) is 0 Å². The van der Waals surface area contributed by atoms with Crippen LogP contribution >= 0.6 is 34.5 Å². The van der Waals surface area contributed by atoms with Crippen molar-refractivity contribution < 1.29 is 14.3 Å². The fraction of sp³-hybridized carbons (Fsp3) is 0.154. The van der Waals surface area contributed by atoms with Crippen LogP contribution in [-0.2, 0) is 4.74 Å². The van der Waals surface area contributed by atoms with Gasteiger partial charge in [0, 0.05) is 6.92 Å². The Bertz CT molecular complexity index is 695. The van der Waals surface area contributed by atoms with Crippen LogP contribution in [0.15, 0.2) is 18.2 Å². The van der Waals surface area contributed by atoms with Crippen LogP contribution < -0.4 is 5.32 Å². The van der Waals surface area contributed by atoms with Crippen molar-refractivity contribution in [3.8, 4) is 0 Å². The number of ketones is 1. The number of esters is 1. The minimum absolute atomic E-state index is 0.0272. The van der Waals surface area contributed by atoms with Crippen LogP contribution in [0, 0.1) is 0 Å². The molecule has 5 nitrogen and oxygen atoms in total. The smallest absolute Gasteiger partial charge is 0.358 e. The van der Waals surface area contributed by atoms with E-state index in [1.165, 1.54) is 14.0 Å². The number of nitrogens with one attached hydrogen (secondary N) is 1. The monoisotopic (exact) mass is 344 g/mol. The lowest BCUT2D eigenvalue weighted by Gasteiger charge is -2.06. The van der Waals surface area contributed by atoms with E-state index in [1.54, 1.807) is 18.2 Å². The molecule has 8 heteroatoms. The second-order valence-corrected chi connectivity index (χ2v) is 5.78. The minimum atomic E-state index is -0.672. The Hall–Kier alpha value is -1.63. The van der Waals surface area contributed by atoms with Crippen LogP contribution in [0.1, 0.15) is 27.1 Å². The van der Waals surface area contributed by atoms with Gasteiger partial charge in [0.05, 0.1) is 22.8 Å². The van der Waals surface area contributed by atoms with Crippen molar-refractivity contribution in [3.05, 3.63) is 38.8 Å². The number of rotatable bonds is 4. The van der Waals surface area contributed by atoms with Crippen LogP contribution in [0.4, 0.5) is 10.8 Å². The zero-order valence-corrected chi connectivity index (χ0v) is 13.4. The largest absolute Gasteiger partial charge is 0.464 e. The summed E-state index contributed by atoms with van der Waals surface area (Å²) in [6.45, 7) is 1.35. The zero-order chi connectivity index (χ0) is 15.6. The SMILES string of the molecule is COC(=O)c1nc(Nc2c(Cl)cccc2Cl)sc1C(C)=O. The van der Waals surface area contributed by atoms with E-state index in [0.717, 1.165) is 11.3 Å². The number of halogens is 2. The third-order valence-electron chi connectivity index (χ3n) is 2.52. The maximum absolute atomic E-state index is 11.6. The zero-order valence-electron chi connectivity index (χ0n) is 11.1. The molecule has 0 radical (unpaired) electrons. The Balaban J connectivity index is 2.42. The summed E-state index contributed by atoms with van der Waals surface area (Å²) < 4.78 is 4.61. The summed E-state index contributed by atoms with van der Waals surface area (Å²) in [6.07, 6.45) is 0. The van der Waals surface area contributed by atoms with Gasteiger partial charge in [-0.2, -0.15) is 0 Å². The number of aromatic nitrogens is 1. The molecule has 0 bridgehead atoms. The third-order valence-corrected chi connectivity index (χ3v) is 4.22. The van der Waals surface area contributed by atoms with Gasteiger partial charge < -0.3 is 10.1 Å². The number of carbonyl (C=O) groups is 2. The predicted molar refractivity (Wildman–Crippen MR) is 83.2 cm³/mol. The van der Waals surface area contributed by atoms with Crippen molar-refractivity contribution in [3.63, 3.8) is 0 Å². The molecule has 0 aliphatic carbocycles. The number of para-hydroxylation sites is 1. The van der Waals surface area contributed by atoms with E-state index in [0.29, 0.717) is 20.9 Å². The van der Waals surface area contributed by atoms with Crippen LogP contribution in [0.5, 0.6) is 0 Å². The number of methoxy groups -OCH3 is 1. The molecule has 1 N–H and O–H groups in total. The van der Waals surface area contributed by atoms with Crippen molar-refractivity contribution in [1.82, 2.24) is 4.98 Å². The lowest BCUT2D eigenvalue weighted by atomic mass is 10.3. The van der Waals surface area contributed by atoms with Gasteiger partial charge in [-0.1, -0.05) is 40.6 Å². The summed E-state index contributed by atoms with van der Waals surface area (Å²) in [4.78, 5) is 27.5. The number of ether oxygens (including phenoxy) is 1. The number of benzene rings is 1. The van der Waals surface area contributed by atoms with Gasteiger partial charge in [0.25, 0.3) is 0 Å². The highest BCUT2D eigenvalue weighted by atomic mass is 35.5. The molecule has 0 amide bonds. The van der Waals surface area contributed by atoms with E-state index < -0.39 is 5.97 Å². The standard InChI is InChI=1S/C13H10Cl2N2O3S/c1-6(18)11-10(12(19)20-2)17-13(21-11)16-9-7(14)4-3-5-8(9)15/h3-5H,1-2H3,(H,16,17). The molecule has 1 heterocycles. The van der Waals surface area contributed by atoms with E-state index >= 15 is 0 Å². The summed E-state index contributed by atoms with van der Waals surface area (Å²) in [5.41, 5.74) is 0.432. The highest BCUT2D eigenvalue weighted by molar-refractivity contribution is 7.17. The Morgan fingerprint density at radius 1 is 1.29 bits per heavy atom. The van der Waals surface area contributed by atoms with Gasteiger partial charge in [0.15, 0.2) is 16.6 Å². The number of hydrogen-bond donors (Lipinski definition) is 1. The van der Waals surface area contributed by atoms with Crippen molar-refractivity contribution in [2.24, 2.45) is 0 Å². The van der Waals surface area contributed by atoms with Crippen LogP contribution in [0.2, 0.25) is 10.0 Å². The summed E-state index contributed by atoms with van der Waals surface area (Å²) in [5, 5.41) is 4.06. The quantitative estimate of drug-likeness (QED) is 0.665. The van der Waals surface area contributed by atoms with E-state index in [-0.39, 0.29) is 16.4 Å². The highest BCUT2D eigenvalue weighted by Crippen LogP contribution is 2.34. The van der Waals surface area contributed by atoms with Crippen molar-refractivity contribution in [1.29, 1.82) is 0 Å². The van der Waals surface area contributed by atoms with Gasteiger partial charge in [0.1, 0.15) is 4.88 Å². The molecule has 0 aliphatic rings. The maximum atomic E-state index is 11.6. The molecule has 2 aromatic rings. The molecule has 1 aromatic heterocycles. The molecular formula is C13H10Cl2N2O3S.